The molecule has 0 fully saturated rings. The molecule has 5 unspecified atom stereocenters. The fraction of sp³-hybridized carbons (Fsp3) is 0.696. The maximum Gasteiger partial charge on any atom is 0.472 e. The summed E-state index contributed by atoms with van der Waals surface area (Å²) in [6.45, 7) is 4.48. The Morgan fingerprint density at radius 1 is 0.296 bits per heavy atom. The quantitative estimate of drug-likeness (QED) is 0.0169. The van der Waals surface area contributed by atoms with Crippen molar-refractivity contribution in [2.75, 3.05) is 39.6 Å². The lowest BCUT2D eigenvalue weighted by atomic mass is 10.1. The van der Waals surface area contributed by atoms with Crippen molar-refractivity contribution < 1.29 is 80.2 Å². The second-order valence-corrected chi connectivity index (χ2v) is 27.7. The summed E-state index contributed by atoms with van der Waals surface area (Å²) in [6.07, 6.45) is 76.2. The average molecular weight is 1420 g/mol. The smallest absolute Gasteiger partial charge is 0.462 e. The van der Waals surface area contributed by atoms with E-state index >= 15 is 0 Å². The molecule has 0 aliphatic carbocycles. The standard InChI is InChI=1S/C79H134O17P2/c1-5-9-13-17-21-25-29-33-36-40-43-47-51-55-59-63-76(81)89-69-74(95-78(83)65-61-57-53-49-45-39-32-28-24-20-16-12-8-4)71-93-97(85,86)91-67-73(80)68-92-98(87,88)94-72-75(96-79(84)66-62-58-54-50-46-42-38-35-31-27-23-19-15-11-7-3)70-90-77(82)64-60-56-52-48-44-41-37-34-30-26-22-18-14-10-6-2/h10-11,14-16,20-23,25-28,32-38,73-75,80H,5-9,12-13,17-19,24,29-31,39-72H2,1-4H3,(H,85,86)(H,87,88)/b14-10-,15-11-,20-16-,25-21-,26-22-,27-23-,32-28-,36-33-,37-34-,38-35-. The fourth-order valence-corrected chi connectivity index (χ4v) is 11.2. The number of aliphatic hydroxyl groups excluding tert-OH is 1. The molecule has 0 spiro atoms. The van der Waals surface area contributed by atoms with Crippen molar-refractivity contribution >= 4 is 39.5 Å². The molecule has 0 heterocycles. The van der Waals surface area contributed by atoms with E-state index in [2.05, 4.69) is 149 Å². The average Bonchev–Trinajstić information content (AvgIpc) is 1.04. The summed E-state index contributed by atoms with van der Waals surface area (Å²) in [5.41, 5.74) is 0. The van der Waals surface area contributed by atoms with Crippen molar-refractivity contribution in [3.63, 3.8) is 0 Å². The molecule has 0 saturated heterocycles. The number of phosphoric ester groups is 2. The van der Waals surface area contributed by atoms with Crippen LogP contribution in [0.4, 0.5) is 0 Å². The number of phosphoric acid groups is 2. The molecule has 0 aliphatic heterocycles. The van der Waals surface area contributed by atoms with Crippen LogP contribution in [0.2, 0.25) is 0 Å². The molecule has 19 heteroatoms. The highest BCUT2D eigenvalue weighted by Crippen LogP contribution is 2.45. The van der Waals surface area contributed by atoms with Gasteiger partial charge in [0.25, 0.3) is 0 Å². The first-order chi connectivity index (χ1) is 47.7. The Hall–Kier alpha value is -4.54. The minimum atomic E-state index is -4.99. The van der Waals surface area contributed by atoms with Crippen LogP contribution >= 0.6 is 15.6 Å². The number of allylic oxidation sites excluding steroid dienone is 20. The van der Waals surface area contributed by atoms with Gasteiger partial charge in [0, 0.05) is 25.7 Å². The van der Waals surface area contributed by atoms with Crippen LogP contribution in [0.3, 0.4) is 0 Å². The number of carbonyl (C=O) groups excluding carboxylic acids is 4. The van der Waals surface area contributed by atoms with E-state index in [1.54, 1.807) is 0 Å². The van der Waals surface area contributed by atoms with Gasteiger partial charge in [-0.05, 0) is 148 Å². The van der Waals surface area contributed by atoms with Crippen molar-refractivity contribution in [1.82, 2.24) is 0 Å². The van der Waals surface area contributed by atoms with Crippen molar-refractivity contribution in [2.45, 2.75) is 316 Å². The minimum absolute atomic E-state index is 0.0687. The normalized spacial score (nSPS) is 14.6. The van der Waals surface area contributed by atoms with Crippen LogP contribution in [-0.4, -0.2) is 96.7 Å². The Balaban J connectivity index is 5.39. The van der Waals surface area contributed by atoms with Gasteiger partial charge in [0.2, 0.25) is 0 Å². The Labute approximate surface area is 593 Å². The van der Waals surface area contributed by atoms with Gasteiger partial charge in [-0.3, -0.25) is 37.3 Å². The second-order valence-electron chi connectivity index (χ2n) is 24.8. The topological polar surface area (TPSA) is 237 Å². The van der Waals surface area contributed by atoms with Gasteiger partial charge < -0.3 is 33.8 Å². The molecule has 0 amide bonds. The van der Waals surface area contributed by atoms with Crippen molar-refractivity contribution in [2.24, 2.45) is 0 Å². The van der Waals surface area contributed by atoms with Crippen LogP contribution in [0.5, 0.6) is 0 Å². The molecule has 0 radical (unpaired) electrons. The highest BCUT2D eigenvalue weighted by Gasteiger charge is 2.30. The van der Waals surface area contributed by atoms with Crippen LogP contribution < -0.4 is 0 Å². The molecule has 0 rings (SSSR count). The Bertz CT molecular complexity index is 2340. The molecular weight excluding hydrogens is 1280 g/mol. The number of aliphatic hydroxyl groups is 1. The van der Waals surface area contributed by atoms with E-state index in [-0.39, 0.29) is 25.7 Å². The third-order valence-electron chi connectivity index (χ3n) is 15.4. The summed E-state index contributed by atoms with van der Waals surface area (Å²) in [7, 11) is -9.97. The number of carbonyl (C=O) groups is 4. The molecule has 98 heavy (non-hydrogen) atoms. The first-order valence-electron chi connectivity index (χ1n) is 37.8. The van der Waals surface area contributed by atoms with E-state index in [1.165, 1.54) is 19.3 Å². The Kier molecular flexibility index (Phi) is 67.6. The molecule has 0 aromatic heterocycles. The van der Waals surface area contributed by atoms with E-state index in [0.29, 0.717) is 25.7 Å². The summed E-state index contributed by atoms with van der Waals surface area (Å²) in [5, 5.41) is 10.6. The second kappa shape index (κ2) is 70.9. The van der Waals surface area contributed by atoms with Gasteiger partial charge in [0.05, 0.1) is 26.4 Å². The predicted octanol–water partition coefficient (Wildman–Crippen LogP) is 21.6. The summed E-state index contributed by atoms with van der Waals surface area (Å²) in [6, 6.07) is 0. The van der Waals surface area contributed by atoms with Crippen LogP contribution in [-0.2, 0) is 65.4 Å². The lowest BCUT2D eigenvalue weighted by Gasteiger charge is -2.21. The fourth-order valence-electron chi connectivity index (χ4n) is 9.67. The monoisotopic (exact) mass is 1420 g/mol. The molecule has 562 valence electrons. The van der Waals surface area contributed by atoms with Gasteiger partial charge in [-0.15, -0.1) is 0 Å². The highest BCUT2D eigenvalue weighted by molar-refractivity contribution is 7.47. The maximum atomic E-state index is 13.1. The molecule has 0 bridgehead atoms. The molecular formula is C79H134O17P2. The Morgan fingerprint density at radius 3 is 0.857 bits per heavy atom. The SMILES string of the molecule is CC/C=C\C/C=C\C/C=C\CCCCCCCC(=O)OCC(COP(=O)(O)OCC(O)COP(=O)(O)OCC(COC(=O)CCCCCCC/C=C\C/C=C\CCCCC)OC(=O)CCCCCCC/C=C\C/C=C\CCC)OC(=O)CCCCCCC/C=C\C/C=C\C/C=C\CC. The molecule has 5 atom stereocenters. The number of hydrogen-bond donors (Lipinski definition) is 3. The number of ether oxygens (including phenoxy) is 4. The van der Waals surface area contributed by atoms with Gasteiger partial charge in [-0.2, -0.15) is 0 Å². The third-order valence-corrected chi connectivity index (χ3v) is 17.3. The third kappa shape index (κ3) is 69.9. The predicted molar refractivity (Wildman–Crippen MR) is 399 cm³/mol. The first kappa shape index (κ1) is 93.5. The van der Waals surface area contributed by atoms with Crippen molar-refractivity contribution in [3.8, 4) is 0 Å². The van der Waals surface area contributed by atoms with Gasteiger partial charge in [-0.25, -0.2) is 9.13 Å². The molecule has 0 aliphatic rings. The molecule has 3 N–H and O–H groups in total. The minimum Gasteiger partial charge on any atom is -0.462 e. The summed E-state index contributed by atoms with van der Waals surface area (Å²) in [4.78, 5) is 72.8. The molecule has 0 aromatic carbocycles. The van der Waals surface area contributed by atoms with E-state index in [0.717, 1.165) is 199 Å². The summed E-state index contributed by atoms with van der Waals surface area (Å²) < 4.78 is 68.4. The van der Waals surface area contributed by atoms with E-state index < -0.39 is 97.5 Å². The first-order valence-corrected chi connectivity index (χ1v) is 40.8. The molecule has 0 aromatic rings. The van der Waals surface area contributed by atoms with Crippen LogP contribution in [0.15, 0.2) is 122 Å². The van der Waals surface area contributed by atoms with Gasteiger partial charge >= 0.3 is 39.5 Å². The lowest BCUT2D eigenvalue weighted by molar-refractivity contribution is -0.161. The van der Waals surface area contributed by atoms with Crippen LogP contribution in [0.25, 0.3) is 0 Å². The maximum absolute atomic E-state index is 13.1. The summed E-state index contributed by atoms with van der Waals surface area (Å²) in [5.74, 6) is -2.24. The molecule has 17 nitrogen and oxygen atoms in total. The Morgan fingerprint density at radius 2 is 0.551 bits per heavy atom. The van der Waals surface area contributed by atoms with Gasteiger partial charge in [0.15, 0.2) is 12.2 Å². The molecule has 0 saturated carbocycles. The number of rotatable bonds is 70. The zero-order valence-corrected chi connectivity index (χ0v) is 63.0. The number of hydrogen-bond acceptors (Lipinski definition) is 15. The van der Waals surface area contributed by atoms with E-state index in [9.17, 15) is 43.2 Å². The number of esters is 4. The van der Waals surface area contributed by atoms with Crippen molar-refractivity contribution in [3.05, 3.63) is 122 Å². The zero-order chi connectivity index (χ0) is 71.8. The zero-order valence-electron chi connectivity index (χ0n) is 61.2. The largest absolute Gasteiger partial charge is 0.472 e. The van der Waals surface area contributed by atoms with Crippen LogP contribution in [0.1, 0.15) is 297 Å². The lowest BCUT2D eigenvalue weighted by Crippen LogP contribution is -2.30. The highest BCUT2D eigenvalue weighted by atomic mass is 31.2. The number of unbranched alkanes of at least 4 members (excludes halogenated alkanes) is 24. The van der Waals surface area contributed by atoms with E-state index in [4.69, 9.17) is 37.0 Å². The van der Waals surface area contributed by atoms with Crippen molar-refractivity contribution in [1.29, 1.82) is 0 Å². The van der Waals surface area contributed by atoms with Gasteiger partial charge in [0.1, 0.15) is 19.3 Å². The van der Waals surface area contributed by atoms with Crippen LogP contribution in [0, 0.1) is 0 Å². The summed E-state index contributed by atoms with van der Waals surface area (Å²) >= 11 is 0. The van der Waals surface area contributed by atoms with Gasteiger partial charge in [-0.1, -0.05) is 246 Å². The van der Waals surface area contributed by atoms with E-state index in [1.807, 2.05) is 0 Å².